The van der Waals surface area contributed by atoms with Crippen LogP contribution in [0.2, 0.25) is 0 Å². The zero-order valence-corrected chi connectivity index (χ0v) is 21.0. The van der Waals surface area contributed by atoms with Crippen molar-refractivity contribution in [3.05, 3.63) is 93.9 Å². The molecule has 0 bridgehead atoms. The lowest BCUT2D eigenvalue weighted by Crippen LogP contribution is -2.23. The van der Waals surface area contributed by atoms with Crippen LogP contribution < -0.4 is 9.47 Å². The highest BCUT2D eigenvalue weighted by Crippen LogP contribution is 2.35. The molecule has 7 nitrogen and oxygen atoms in total. The first-order chi connectivity index (χ1) is 17.3. The third kappa shape index (κ3) is 5.95. The summed E-state index contributed by atoms with van der Waals surface area (Å²) in [6.45, 7) is 4.86. The fourth-order valence-corrected chi connectivity index (χ4v) is 4.54. The summed E-state index contributed by atoms with van der Waals surface area (Å²) in [7, 11) is 1.66. The van der Waals surface area contributed by atoms with Gasteiger partial charge in [-0.2, -0.15) is 0 Å². The molecule has 4 rings (SSSR count). The Labute approximate surface area is 214 Å². The largest absolute Gasteiger partial charge is 0.490 e. The van der Waals surface area contributed by atoms with E-state index in [-0.39, 0.29) is 11.5 Å². The molecular weight excluding hydrogens is 476 g/mol. The van der Waals surface area contributed by atoms with Crippen LogP contribution in [0.15, 0.2) is 76.6 Å². The van der Waals surface area contributed by atoms with Crippen molar-refractivity contribution in [1.29, 1.82) is 0 Å². The number of rotatable bonds is 8. The molecule has 1 amide bonds. The van der Waals surface area contributed by atoms with Gasteiger partial charge >= 0.3 is 5.97 Å². The van der Waals surface area contributed by atoms with Crippen molar-refractivity contribution < 1.29 is 24.2 Å². The van der Waals surface area contributed by atoms with Crippen LogP contribution in [-0.4, -0.2) is 40.7 Å². The van der Waals surface area contributed by atoms with Crippen molar-refractivity contribution in [3.8, 4) is 11.5 Å². The first kappa shape index (κ1) is 25.1. The van der Waals surface area contributed by atoms with E-state index < -0.39 is 5.97 Å². The third-order valence-corrected chi connectivity index (χ3v) is 6.44. The topological polar surface area (TPSA) is 88.4 Å². The van der Waals surface area contributed by atoms with Crippen LogP contribution in [0.5, 0.6) is 11.5 Å². The summed E-state index contributed by atoms with van der Waals surface area (Å²) < 4.78 is 11.8. The molecule has 184 valence electrons. The number of amides is 1. The molecule has 0 aromatic heterocycles. The van der Waals surface area contributed by atoms with Crippen LogP contribution in [0.1, 0.15) is 34.0 Å². The highest BCUT2D eigenvalue weighted by molar-refractivity contribution is 8.18. The summed E-state index contributed by atoms with van der Waals surface area (Å²) >= 11 is 1.26. The number of aliphatic imine (C=N–C) groups is 1. The van der Waals surface area contributed by atoms with E-state index in [1.165, 1.54) is 34.4 Å². The van der Waals surface area contributed by atoms with Gasteiger partial charge in [0, 0.05) is 7.05 Å². The lowest BCUT2D eigenvalue weighted by Gasteiger charge is -2.13. The quantitative estimate of drug-likeness (QED) is 0.386. The second kappa shape index (κ2) is 11.1. The van der Waals surface area contributed by atoms with Gasteiger partial charge in [-0.15, -0.1) is 0 Å². The van der Waals surface area contributed by atoms with E-state index in [0.717, 1.165) is 11.1 Å². The number of carboxylic acids is 1. The van der Waals surface area contributed by atoms with Crippen LogP contribution in [0.3, 0.4) is 0 Å². The van der Waals surface area contributed by atoms with Gasteiger partial charge in [-0.3, -0.25) is 9.69 Å². The molecule has 0 saturated carbocycles. The maximum Gasteiger partial charge on any atom is 0.335 e. The van der Waals surface area contributed by atoms with E-state index in [9.17, 15) is 9.59 Å². The molecule has 1 fully saturated rings. The number of aromatic carboxylic acids is 1. The summed E-state index contributed by atoms with van der Waals surface area (Å²) in [6.07, 6.45) is 1.80. The minimum atomic E-state index is -1.00. The van der Waals surface area contributed by atoms with Crippen LogP contribution in [-0.2, 0) is 11.4 Å². The fourth-order valence-electron chi connectivity index (χ4n) is 3.56. The molecule has 1 aliphatic heterocycles. The number of nitrogens with zero attached hydrogens (tertiary/aromatic N) is 2. The minimum absolute atomic E-state index is 0.168. The number of benzene rings is 3. The van der Waals surface area contributed by atoms with Gasteiger partial charge in [0.1, 0.15) is 6.61 Å². The molecule has 0 atom stereocenters. The number of amidine groups is 1. The standard InChI is InChI=1S/C28H26N2O5S/c1-4-34-24-15-19(8-13-23(24)35-17-20-7-5-6-18(2)14-20)16-25-26(31)30(3)28(36-25)29-22-11-9-21(10-12-22)27(32)33/h5-16H,4,17H2,1-3H3,(H,32,33)/b25-16-,29-28?. The lowest BCUT2D eigenvalue weighted by atomic mass is 10.1. The summed E-state index contributed by atoms with van der Waals surface area (Å²) in [4.78, 5) is 30.4. The van der Waals surface area contributed by atoms with Crippen molar-refractivity contribution >= 4 is 40.6 Å². The SMILES string of the molecule is CCOc1cc(/C=C2\SC(=Nc3ccc(C(=O)O)cc3)N(C)C2=O)ccc1OCc1cccc(C)c1. The van der Waals surface area contributed by atoms with Gasteiger partial charge in [0.25, 0.3) is 5.91 Å². The van der Waals surface area contributed by atoms with Crippen molar-refractivity contribution in [2.75, 3.05) is 13.7 Å². The van der Waals surface area contributed by atoms with Gasteiger partial charge in [-0.05, 0) is 79.2 Å². The van der Waals surface area contributed by atoms with Crippen LogP contribution in [0, 0.1) is 6.92 Å². The molecule has 0 radical (unpaired) electrons. The molecule has 3 aromatic rings. The van der Waals surface area contributed by atoms with Crippen LogP contribution in [0.25, 0.3) is 6.08 Å². The Bertz CT molecular complexity index is 1350. The zero-order chi connectivity index (χ0) is 25.7. The number of thioether (sulfide) groups is 1. The van der Waals surface area contributed by atoms with E-state index in [1.807, 2.05) is 50.2 Å². The number of likely N-dealkylation sites (N-methyl/N-ethyl adjacent to an activating group) is 1. The summed E-state index contributed by atoms with van der Waals surface area (Å²) in [6, 6.07) is 19.9. The van der Waals surface area contributed by atoms with Gasteiger partial charge in [0.15, 0.2) is 16.7 Å². The zero-order valence-electron chi connectivity index (χ0n) is 20.2. The fraction of sp³-hybridized carbons (Fsp3) is 0.179. The average Bonchev–Trinajstić information content (AvgIpc) is 3.11. The molecule has 0 aliphatic carbocycles. The molecule has 1 saturated heterocycles. The second-order valence-corrected chi connectivity index (χ2v) is 9.15. The highest BCUT2D eigenvalue weighted by atomic mass is 32.2. The Morgan fingerprint density at radius 1 is 1.06 bits per heavy atom. The van der Waals surface area contributed by atoms with Gasteiger partial charge < -0.3 is 14.6 Å². The molecule has 0 spiro atoms. The third-order valence-electron chi connectivity index (χ3n) is 5.38. The lowest BCUT2D eigenvalue weighted by molar-refractivity contribution is -0.121. The van der Waals surface area contributed by atoms with Gasteiger partial charge in [-0.25, -0.2) is 9.79 Å². The molecule has 8 heteroatoms. The number of carbonyl (C=O) groups excluding carboxylic acids is 1. The van der Waals surface area contributed by atoms with Gasteiger partial charge in [0.2, 0.25) is 0 Å². The number of hydrogen-bond acceptors (Lipinski definition) is 6. The van der Waals surface area contributed by atoms with Crippen molar-refractivity contribution in [1.82, 2.24) is 4.90 Å². The Morgan fingerprint density at radius 3 is 2.53 bits per heavy atom. The monoisotopic (exact) mass is 502 g/mol. The highest BCUT2D eigenvalue weighted by Gasteiger charge is 2.30. The maximum atomic E-state index is 12.8. The van der Waals surface area contributed by atoms with E-state index in [0.29, 0.717) is 40.5 Å². The molecule has 1 N–H and O–H groups in total. The Kier molecular flexibility index (Phi) is 7.75. The van der Waals surface area contributed by atoms with Crippen molar-refractivity contribution in [3.63, 3.8) is 0 Å². The van der Waals surface area contributed by atoms with E-state index in [2.05, 4.69) is 11.1 Å². The Morgan fingerprint density at radius 2 is 1.83 bits per heavy atom. The van der Waals surface area contributed by atoms with Gasteiger partial charge in [0.05, 0.1) is 22.8 Å². The number of ether oxygens (including phenoxy) is 2. The average molecular weight is 503 g/mol. The first-order valence-electron chi connectivity index (χ1n) is 11.4. The molecule has 1 aliphatic rings. The van der Waals surface area contributed by atoms with E-state index in [1.54, 1.807) is 25.3 Å². The Balaban J connectivity index is 1.53. The predicted molar refractivity (Wildman–Crippen MR) is 142 cm³/mol. The second-order valence-electron chi connectivity index (χ2n) is 8.14. The number of carbonyl (C=O) groups is 2. The molecule has 3 aromatic carbocycles. The predicted octanol–water partition coefficient (Wildman–Crippen LogP) is 5.90. The van der Waals surface area contributed by atoms with Crippen molar-refractivity contribution in [2.24, 2.45) is 4.99 Å². The summed E-state index contributed by atoms with van der Waals surface area (Å²) in [5.41, 5.74) is 3.80. The van der Waals surface area contributed by atoms with Crippen molar-refractivity contribution in [2.45, 2.75) is 20.5 Å². The summed E-state index contributed by atoms with van der Waals surface area (Å²) in [5, 5.41) is 9.57. The van der Waals surface area contributed by atoms with E-state index in [4.69, 9.17) is 14.6 Å². The molecule has 1 heterocycles. The maximum absolute atomic E-state index is 12.8. The summed E-state index contributed by atoms with van der Waals surface area (Å²) in [5.74, 6) is 0.0735. The molecule has 0 unspecified atom stereocenters. The van der Waals surface area contributed by atoms with Crippen LogP contribution in [0.4, 0.5) is 5.69 Å². The van der Waals surface area contributed by atoms with Crippen LogP contribution >= 0.6 is 11.8 Å². The number of aryl methyl sites for hydroxylation is 1. The Hall–Kier alpha value is -4.04. The molecular formula is C28H26N2O5S. The van der Waals surface area contributed by atoms with E-state index >= 15 is 0 Å². The first-order valence-corrected chi connectivity index (χ1v) is 12.2. The molecule has 36 heavy (non-hydrogen) atoms. The minimum Gasteiger partial charge on any atom is -0.490 e. The number of carboxylic acid groups (broad SMARTS) is 1. The normalized spacial score (nSPS) is 15.5. The smallest absolute Gasteiger partial charge is 0.335 e. The van der Waals surface area contributed by atoms with Gasteiger partial charge in [-0.1, -0.05) is 35.9 Å². The number of hydrogen-bond donors (Lipinski definition) is 1.